The standard InChI is InChI=1S/C7H4BrClO2/c8-4-1-2-5(9)7-6(4)10-3-11-7/h1-2H,3H2. The van der Waals surface area contributed by atoms with Crippen molar-refractivity contribution in [2.75, 3.05) is 6.79 Å². The van der Waals surface area contributed by atoms with Crippen LogP contribution in [0.1, 0.15) is 0 Å². The second-order valence-electron chi connectivity index (χ2n) is 2.09. The predicted octanol–water partition coefficient (Wildman–Crippen LogP) is 2.83. The van der Waals surface area contributed by atoms with Crippen molar-refractivity contribution in [2.45, 2.75) is 0 Å². The number of benzene rings is 1. The Kier molecular flexibility index (Phi) is 1.69. The molecule has 0 aliphatic carbocycles. The Balaban J connectivity index is 2.64. The number of hydrogen-bond acceptors (Lipinski definition) is 2. The maximum atomic E-state index is 5.82. The Labute approximate surface area is 77.2 Å². The molecule has 2 nitrogen and oxygen atoms in total. The van der Waals surface area contributed by atoms with Crippen LogP contribution in [0.5, 0.6) is 11.5 Å². The minimum absolute atomic E-state index is 0.248. The Morgan fingerprint density at radius 1 is 1.27 bits per heavy atom. The zero-order valence-electron chi connectivity index (χ0n) is 5.43. The summed E-state index contributed by atoms with van der Waals surface area (Å²) in [6, 6.07) is 3.59. The lowest BCUT2D eigenvalue weighted by Crippen LogP contribution is -1.93. The summed E-state index contributed by atoms with van der Waals surface area (Å²) in [6.07, 6.45) is 0. The number of halogens is 2. The van der Waals surface area contributed by atoms with Gasteiger partial charge in [-0.25, -0.2) is 0 Å². The largest absolute Gasteiger partial charge is 0.452 e. The van der Waals surface area contributed by atoms with Crippen LogP contribution in [0.4, 0.5) is 0 Å². The topological polar surface area (TPSA) is 18.5 Å². The van der Waals surface area contributed by atoms with Crippen molar-refractivity contribution in [3.05, 3.63) is 21.6 Å². The van der Waals surface area contributed by atoms with Gasteiger partial charge < -0.3 is 9.47 Å². The Bertz CT molecular complexity index is 272. The van der Waals surface area contributed by atoms with Gasteiger partial charge in [-0.05, 0) is 28.1 Å². The first-order chi connectivity index (χ1) is 5.29. The quantitative estimate of drug-likeness (QED) is 0.688. The summed E-state index contributed by atoms with van der Waals surface area (Å²) in [6.45, 7) is 0.248. The van der Waals surface area contributed by atoms with Gasteiger partial charge in [0.25, 0.3) is 0 Å². The van der Waals surface area contributed by atoms with E-state index in [-0.39, 0.29) is 6.79 Å². The third-order valence-electron chi connectivity index (χ3n) is 1.42. The molecule has 1 aliphatic rings. The first-order valence-electron chi connectivity index (χ1n) is 3.02. The summed E-state index contributed by atoms with van der Waals surface area (Å²) in [7, 11) is 0. The molecule has 0 N–H and O–H groups in total. The lowest BCUT2D eigenvalue weighted by atomic mass is 10.3. The van der Waals surface area contributed by atoms with E-state index in [0.29, 0.717) is 16.5 Å². The van der Waals surface area contributed by atoms with Gasteiger partial charge in [0.05, 0.1) is 9.50 Å². The molecule has 0 spiro atoms. The highest BCUT2D eigenvalue weighted by molar-refractivity contribution is 9.10. The summed E-state index contributed by atoms with van der Waals surface area (Å²) in [5.41, 5.74) is 0. The van der Waals surface area contributed by atoms with Crippen molar-refractivity contribution in [2.24, 2.45) is 0 Å². The third-order valence-corrected chi connectivity index (χ3v) is 2.34. The van der Waals surface area contributed by atoms with Crippen LogP contribution >= 0.6 is 27.5 Å². The molecule has 58 valence electrons. The lowest BCUT2D eigenvalue weighted by Gasteiger charge is -1.99. The second-order valence-corrected chi connectivity index (χ2v) is 3.36. The molecule has 1 aliphatic heterocycles. The molecular weight excluding hydrogens is 231 g/mol. The molecule has 1 aromatic rings. The first-order valence-corrected chi connectivity index (χ1v) is 4.20. The Hall–Kier alpha value is -0.410. The van der Waals surface area contributed by atoms with Crippen molar-refractivity contribution in [1.82, 2.24) is 0 Å². The minimum atomic E-state index is 0.248. The molecule has 1 heterocycles. The maximum absolute atomic E-state index is 5.82. The first kappa shape index (κ1) is 7.25. The van der Waals surface area contributed by atoms with E-state index in [9.17, 15) is 0 Å². The maximum Gasteiger partial charge on any atom is 0.231 e. The minimum Gasteiger partial charge on any atom is -0.452 e. The lowest BCUT2D eigenvalue weighted by molar-refractivity contribution is 0.173. The third kappa shape index (κ3) is 1.08. The van der Waals surface area contributed by atoms with Crippen LogP contribution in [0.2, 0.25) is 5.02 Å². The molecule has 0 radical (unpaired) electrons. The molecule has 0 bridgehead atoms. The number of hydrogen-bond donors (Lipinski definition) is 0. The van der Waals surface area contributed by atoms with Gasteiger partial charge >= 0.3 is 0 Å². The monoisotopic (exact) mass is 234 g/mol. The molecule has 0 aromatic heterocycles. The van der Waals surface area contributed by atoms with Crippen LogP contribution in [0, 0.1) is 0 Å². The van der Waals surface area contributed by atoms with Crippen molar-refractivity contribution in [1.29, 1.82) is 0 Å². The Morgan fingerprint density at radius 2 is 2.00 bits per heavy atom. The summed E-state index contributed by atoms with van der Waals surface area (Å²) >= 11 is 9.13. The van der Waals surface area contributed by atoms with E-state index in [4.69, 9.17) is 21.1 Å². The van der Waals surface area contributed by atoms with Crippen LogP contribution in [-0.4, -0.2) is 6.79 Å². The fourth-order valence-electron chi connectivity index (χ4n) is 0.931. The molecule has 0 unspecified atom stereocenters. The van der Waals surface area contributed by atoms with Gasteiger partial charge in [0.1, 0.15) is 0 Å². The summed E-state index contributed by atoms with van der Waals surface area (Å²) < 4.78 is 11.2. The molecule has 2 rings (SSSR count). The van der Waals surface area contributed by atoms with E-state index < -0.39 is 0 Å². The highest BCUT2D eigenvalue weighted by atomic mass is 79.9. The second kappa shape index (κ2) is 2.57. The number of rotatable bonds is 0. The molecule has 0 atom stereocenters. The molecule has 4 heteroatoms. The van der Waals surface area contributed by atoms with E-state index in [1.807, 2.05) is 6.07 Å². The van der Waals surface area contributed by atoms with E-state index in [1.165, 1.54) is 0 Å². The van der Waals surface area contributed by atoms with Gasteiger partial charge in [-0.2, -0.15) is 0 Å². The van der Waals surface area contributed by atoms with Gasteiger partial charge in [0.2, 0.25) is 6.79 Å². The molecule has 0 amide bonds. The van der Waals surface area contributed by atoms with Crippen LogP contribution in [0.25, 0.3) is 0 Å². The van der Waals surface area contributed by atoms with E-state index in [2.05, 4.69) is 15.9 Å². The van der Waals surface area contributed by atoms with Gasteiger partial charge in [-0.15, -0.1) is 0 Å². The molecule has 1 aromatic carbocycles. The van der Waals surface area contributed by atoms with E-state index in [1.54, 1.807) is 6.07 Å². The fraction of sp³-hybridized carbons (Fsp3) is 0.143. The SMILES string of the molecule is Clc1ccc(Br)c2c1OCO2. The van der Waals surface area contributed by atoms with Crippen molar-refractivity contribution in [3.8, 4) is 11.5 Å². The summed E-state index contributed by atoms with van der Waals surface area (Å²) in [5, 5.41) is 0.584. The van der Waals surface area contributed by atoms with E-state index in [0.717, 1.165) is 4.47 Å². The van der Waals surface area contributed by atoms with Crippen LogP contribution in [-0.2, 0) is 0 Å². The molecule has 0 saturated carbocycles. The number of ether oxygens (including phenoxy) is 2. The molecule has 0 fully saturated rings. The smallest absolute Gasteiger partial charge is 0.231 e. The highest BCUT2D eigenvalue weighted by Crippen LogP contribution is 2.43. The average Bonchev–Trinajstić information content (AvgIpc) is 2.45. The van der Waals surface area contributed by atoms with Crippen molar-refractivity contribution in [3.63, 3.8) is 0 Å². The van der Waals surface area contributed by atoms with Gasteiger partial charge in [-0.3, -0.25) is 0 Å². The Morgan fingerprint density at radius 3 is 2.73 bits per heavy atom. The van der Waals surface area contributed by atoms with Crippen LogP contribution in [0.3, 0.4) is 0 Å². The average molecular weight is 235 g/mol. The van der Waals surface area contributed by atoms with Gasteiger partial charge in [0.15, 0.2) is 11.5 Å². The van der Waals surface area contributed by atoms with Crippen molar-refractivity contribution < 1.29 is 9.47 Å². The fourth-order valence-corrected chi connectivity index (χ4v) is 1.56. The van der Waals surface area contributed by atoms with Gasteiger partial charge in [-0.1, -0.05) is 11.6 Å². The van der Waals surface area contributed by atoms with E-state index >= 15 is 0 Å². The number of fused-ring (bicyclic) bond motifs is 1. The van der Waals surface area contributed by atoms with Crippen LogP contribution < -0.4 is 9.47 Å². The zero-order valence-corrected chi connectivity index (χ0v) is 7.78. The summed E-state index contributed by atoms with van der Waals surface area (Å²) in [5.74, 6) is 1.32. The molecule has 0 saturated heterocycles. The molecule has 11 heavy (non-hydrogen) atoms. The zero-order chi connectivity index (χ0) is 7.84. The van der Waals surface area contributed by atoms with Crippen LogP contribution in [0.15, 0.2) is 16.6 Å². The van der Waals surface area contributed by atoms with Gasteiger partial charge in [0, 0.05) is 0 Å². The molecular formula is C7H4BrClO2. The summed E-state index contributed by atoms with van der Waals surface area (Å²) in [4.78, 5) is 0. The van der Waals surface area contributed by atoms with Crippen molar-refractivity contribution >= 4 is 27.5 Å². The predicted molar refractivity (Wildman–Crippen MR) is 45.3 cm³/mol. The normalized spacial score (nSPS) is 13.6. The highest BCUT2D eigenvalue weighted by Gasteiger charge is 2.19.